The van der Waals surface area contributed by atoms with Crippen molar-refractivity contribution in [2.75, 3.05) is 38.3 Å². The van der Waals surface area contributed by atoms with Crippen molar-refractivity contribution in [1.29, 1.82) is 0 Å². The zero-order valence-electron chi connectivity index (χ0n) is 43.2. The Morgan fingerprint density at radius 2 is 1.01 bits per heavy atom. The predicted octanol–water partition coefficient (Wildman–Crippen LogP) is 4.83. The Bertz CT molecular complexity index is 3660. The zero-order chi connectivity index (χ0) is 55.3. The summed E-state index contributed by atoms with van der Waals surface area (Å²) in [5, 5.41) is 48.8. The molecule has 0 aromatic carbocycles. The van der Waals surface area contributed by atoms with E-state index in [1.54, 1.807) is 76.6 Å². The van der Waals surface area contributed by atoms with Gasteiger partial charge in [0.2, 0.25) is 15.5 Å². The number of rotatable bonds is 7. The highest BCUT2D eigenvalue weighted by atomic mass is 127. The lowest BCUT2D eigenvalue weighted by Crippen LogP contribution is -3.00. The second-order valence-electron chi connectivity index (χ2n) is 15.9. The molecule has 0 fully saturated rings. The van der Waals surface area contributed by atoms with E-state index < -0.39 is 30.4 Å². The van der Waals surface area contributed by atoms with E-state index in [1.807, 2.05) is 108 Å². The van der Waals surface area contributed by atoms with Crippen LogP contribution in [0.4, 0.5) is 22.7 Å². The molecule has 0 atom stereocenters. The largest absolute Gasteiger partial charge is 1.00 e. The second kappa shape index (κ2) is 28.1. The summed E-state index contributed by atoms with van der Waals surface area (Å²) in [6, 6.07) is 32.9. The van der Waals surface area contributed by atoms with Gasteiger partial charge in [0.15, 0.2) is 11.2 Å². The molecule has 29 heteroatoms. The normalized spacial score (nSPS) is 10.3. The van der Waals surface area contributed by atoms with Gasteiger partial charge in [-0.15, -0.1) is 39.5 Å². The van der Waals surface area contributed by atoms with E-state index in [-0.39, 0.29) is 64.1 Å². The Labute approximate surface area is 468 Å². The summed E-state index contributed by atoms with van der Waals surface area (Å²) in [6.45, 7) is 11.3. The van der Waals surface area contributed by atoms with Crippen molar-refractivity contribution in [3.8, 4) is 11.8 Å². The van der Waals surface area contributed by atoms with Gasteiger partial charge in [0.05, 0.1) is 34.5 Å². The van der Waals surface area contributed by atoms with E-state index in [9.17, 15) is 38.8 Å². The van der Waals surface area contributed by atoms with Crippen LogP contribution in [0.5, 0.6) is 11.8 Å². The van der Waals surface area contributed by atoms with Crippen LogP contribution in [0.2, 0.25) is 0 Å². The Kier molecular flexibility index (Phi) is 23.0. The molecule has 0 aliphatic heterocycles. The van der Waals surface area contributed by atoms with Crippen LogP contribution >= 0.6 is 24.2 Å². The SMILES string of the molecule is COc1nn2c(C)cccc2c1N.COc1nn2c(C)cccc2c1[N+](=O)[O-].CSc1nn2c(C)cccc2c1[N+](=O)[O-].Cc1cccc2c([N+](=O)[O-])c(S(C)(=O)=O)nn12.Cc1cccc[n+]1N.Cc1ccccn1.Cl.[I-]. The Morgan fingerprint density at radius 3 is 1.39 bits per heavy atom. The molecule has 10 aromatic rings. The molecule has 10 rings (SSSR count). The molecule has 0 spiro atoms. The Hall–Kier alpha value is -8.22. The fraction of sp³-hybridized carbons (Fsp3) is 0.208. The van der Waals surface area contributed by atoms with Gasteiger partial charge in [0, 0.05) is 60.0 Å². The minimum atomic E-state index is -3.73. The number of aryl methyl sites for hydroxylation is 6. The summed E-state index contributed by atoms with van der Waals surface area (Å²) in [5.74, 6) is 5.95. The first-order valence-electron chi connectivity index (χ1n) is 22.1. The lowest BCUT2D eigenvalue weighted by molar-refractivity contribution is -0.645. The van der Waals surface area contributed by atoms with Crippen LogP contribution in [0.25, 0.3) is 22.1 Å². The van der Waals surface area contributed by atoms with Crippen molar-refractivity contribution in [1.82, 2.24) is 43.4 Å². The van der Waals surface area contributed by atoms with Crippen molar-refractivity contribution < 1.29 is 61.3 Å². The van der Waals surface area contributed by atoms with Gasteiger partial charge in [-0.25, -0.2) is 32.3 Å². The highest BCUT2D eigenvalue weighted by molar-refractivity contribution is 7.98. The number of nitrogen functional groups attached to an aromatic ring is 2. The summed E-state index contributed by atoms with van der Waals surface area (Å²) in [4.78, 5) is 35.1. The lowest BCUT2D eigenvalue weighted by Gasteiger charge is -1.95. The monoisotopic (exact) mass is 1230 g/mol. The Balaban J connectivity index is 0.000000247. The molecule has 0 saturated carbocycles. The van der Waals surface area contributed by atoms with Gasteiger partial charge in [0.1, 0.15) is 22.2 Å². The highest BCUT2D eigenvalue weighted by Gasteiger charge is 2.31. The van der Waals surface area contributed by atoms with Crippen LogP contribution < -0.4 is 49.7 Å². The highest BCUT2D eigenvalue weighted by Crippen LogP contribution is 2.33. The standard InChI is InChI=1S/C9H9N3O4S.C9H9N3O3.C9H9N3O2S.C9H11N3O.C6H9N2.C6H7N.ClH.HI/c1-6-4-3-5-7-8(12(13)14)9(10-11(6)7)17(2,15)16;2*1-6-4-3-5-7-8(12(13)14)9(15-2)10-11(6)7;1-6-4-3-5-7-8(10)9(13-2)11-12(6)7;1-6-4-2-3-5-8(6)7;1-6-4-2-3-5-7-6;;/h3-5H,1-2H3;2*3-5H,1-2H3;3-5H,10H2,1-2H3;2-5H,7H2,1H3;2-5H,1H3;2*1H/q;;;;+1;;;/p-1. The van der Waals surface area contributed by atoms with Gasteiger partial charge >= 0.3 is 22.9 Å². The van der Waals surface area contributed by atoms with Crippen molar-refractivity contribution in [2.45, 2.75) is 51.6 Å². The molecule has 0 amide bonds. The number of anilines is 1. The molecular weight excluding hydrogens is 1170 g/mol. The van der Waals surface area contributed by atoms with Gasteiger partial charge in [0.25, 0.3) is 10.9 Å². The number of nitrogens with two attached hydrogens (primary N) is 2. The molecule has 4 N–H and O–H groups in total. The van der Waals surface area contributed by atoms with E-state index in [4.69, 9.17) is 21.1 Å². The van der Waals surface area contributed by atoms with Crippen LogP contribution in [0.15, 0.2) is 132 Å². The number of nitro groups is 3. The number of ether oxygens (including phenoxy) is 2. The van der Waals surface area contributed by atoms with Crippen molar-refractivity contribution in [3.63, 3.8) is 0 Å². The van der Waals surface area contributed by atoms with Crippen LogP contribution in [-0.4, -0.2) is 93.4 Å². The van der Waals surface area contributed by atoms with Crippen LogP contribution in [0, 0.1) is 71.9 Å². The summed E-state index contributed by atoms with van der Waals surface area (Å²) in [6.07, 6.45) is 6.28. The number of methoxy groups -OCH3 is 2. The number of nitrogens with zero attached hydrogens (tertiary/aromatic N) is 13. The van der Waals surface area contributed by atoms with E-state index in [0.717, 1.165) is 40.2 Å². The maximum atomic E-state index is 11.5. The third-order valence-corrected chi connectivity index (χ3v) is 12.3. The average Bonchev–Trinajstić information content (AvgIpc) is 4.16. The molecule has 25 nitrogen and oxygen atoms in total. The number of pyridine rings is 6. The molecule has 77 heavy (non-hydrogen) atoms. The molecular formula is C48H55ClIN15O10S2. The van der Waals surface area contributed by atoms with Gasteiger partial charge in [-0.05, 0) is 108 Å². The summed E-state index contributed by atoms with van der Waals surface area (Å²) < 4.78 is 40.5. The number of aromatic nitrogens is 10. The first-order chi connectivity index (χ1) is 35.5. The summed E-state index contributed by atoms with van der Waals surface area (Å²) in [5.41, 5.74) is 13.5. The van der Waals surface area contributed by atoms with Crippen molar-refractivity contribution >= 4 is 78.8 Å². The molecule has 0 bridgehead atoms. The first kappa shape index (κ1) is 63.1. The molecule has 10 heterocycles. The zero-order valence-corrected chi connectivity index (χ0v) is 47.8. The molecule has 0 aliphatic carbocycles. The van der Waals surface area contributed by atoms with Gasteiger partial charge in [-0.1, -0.05) is 35.0 Å². The van der Waals surface area contributed by atoms with Crippen LogP contribution in [-0.2, 0) is 9.84 Å². The maximum Gasteiger partial charge on any atom is 0.357 e. The maximum absolute atomic E-state index is 11.5. The third kappa shape index (κ3) is 15.2. The fourth-order valence-electron chi connectivity index (χ4n) is 6.89. The number of halogens is 2. The van der Waals surface area contributed by atoms with Gasteiger partial charge < -0.3 is 39.2 Å². The topological polar surface area (TPSA) is 320 Å². The van der Waals surface area contributed by atoms with Gasteiger partial charge in [-0.2, -0.15) is 5.10 Å². The quantitative estimate of drug-likeness (QED) is 0.0539. The van der Waals surface area contributed by atoms with Crippen molar-refractivity contribution in [3.05, 3.63) is 186 Å². The van der Waals surface area contributed by atoms with E-state index in [0.29, 0.717) is 33.3 Å². The minimum absolute atomic E-state index is 0. The average molecular weight is 1230 g/mol. The number of hydrogen-bond donors (Lipinski definition) is 2. The number of fused-ring (bicyclic) bond motifs is 4. The predicted molar refractivity (Wildman–Crippen MR) is 290 cm³/mol. The molecule has 0 unspecified atom stereocenters. The van der Waals surface area contributed by atoms with E-state index >= 15 is 0 Å². The third-order valence-electron chi connectivity index (χ3n) is 10.6. The smallest absolute Gasteiger partial charge is 0.357 e. The van der Waals surface area contributed by atoms with Gasteiger partial charge in [-0.3, -0.25) is 35.3 Å². The number of thioether (sulfide) groups is 1. The fourth-order valence-corrected chi connectivity index (χ4v) is 8.18. The minimum Gasteiger partial charge on any atom is -1.00 e. The molecule has 0 aliphatic rings. The van der Waals surface area contributed by atoms with Crippen LogP contribution in [0.1, 0.15) is 34.2 Å². The molecule has 0 radical (unpaired) electrons. The molecule has 0 saturated heterocycles. The lowest BCUT2D eigenvalue weighted by atomic mass is 10.3. The van der Waals surface area contributed by atoms with Crippen molar-refractivity contribution in [2.24, 2.45) is 0 Å². The number of sulfone groups is 1. The molecule has 408 valence electrons. The number of hydrogen-bond acceptors (Lipinski definition) is 18. The first-order valence-corrected chi connectivity index (χ1v) is 25.2. The van der Waals surface area contributed by atoms with E-state index in [1.165, 1.54) is 34.0 Å². The summed E-state index contributed by atoms with van der Waals surface area (Å²) in [7, 11) is -0.803. The van der Waals surface area contributed by atoms with Crippen LogP contribution in [0.3, 0.4) is 0 Å². The second-order valence-corrected chi connectivity index (χ2v) is 18.6. The summed E-state index contributed by atoms with van der Waals surface area (Å²) >= 11 is 1.28. The Morgan fingerprint density at radius 1 is 0.584 bits per heavy atom. The molecule has 10 aromatic heterocycles. The van der Waals surface area contributed by atoms with E-state index in [2.05, 4.69) is 25.4 Å².